The number of carbonyl (C=O) groups is 2. The molecule has 0 radical (unpaired) electrons. The maximum absolute atomic E-state index is 14.6. The number of benzene rings is 2. The fourth-order valence-electron chi connectivity index (χ4n) is 5.55. The van der Waals surface area contributed by atoms with E-state index in [1.54, 1.807) is 12.1 Å². The van der Waals surface area contributed by atoms with Crippen molar-refractivity contribution in [3.05, 3.63) is 88.8 Å². The predicted molar refractivity (Wildman–Crippen MR) is 157 cm³/mol. The van der Waals surface area contributed by atoms with Crippen molar-refractivity contribution in [2.24, 2.45) is 0 Å². The van der Waals surface area contributed by atoms with E-state index in [1.165, 1.54) is 42.6 Å². The average molecular weight is 646 g/mol. The Hall–Kier alpha value is -4.15. The van der Waals surface area contributed by atoms with Crippen LogP contribution in [0.5, 0.6) is 0 Å². The van der Waals surface area contributed by atoms with Gasteiger partial charge in [-0.2, -0.15) is 5.26 Å². The van der Waals surface area contributed by atoms with Gasteiger partial charge in [0.2, 0.25) is 21.9 Å². The molecule has 1 aliphatic heterocycles. The van der Waals surface area contributed by atoms with E-state index in [4.69, 9.17) is 11.6 Å². The molecular formula is C30H27ClF3N5O4S. The highest BCUT2D eigenvalue weighted by atomic mass is 35.5. The Bertz CT molecular complexity index is 1730. The summed E-state index contributed by atoms with van der Waals surface area (Å²) in [5.74, 6) is -5.81. The second kappa shape index (κ2) is 12.5. The number of aromatic nitrogens is 1. The van der Waals surface area contributed by atoms with Gasteiger partial charge >= 0.3 is 0 Å². The van der Waals surface area contributed by atoms with Crippen LogP contribution in [0, 0.1) is 17.1 Å². The third kappa shape index (κ3) is 6.51. The standard InChI is InChI=1S/C30H27ClF3N5O4S/c31-24-7-2-1-6-23(24)27(28(40)37-21-8-12-30(33,34)13-9-21)38(22-5-3-4-20(32)17-22)29(41)25-11-15-44(42,43)39(25)26-16-19(18-35)10-14-36-26/h1-7,10,14,16-17,21,25,27H,8-9,11-13,15H2,(H,37,40)/t25-,27+/m0/s1. The van der Waals surface area contributed by atoms with E-state index >= 15 is 0 Å². The zero-order valence-corrected chi connectivity index (χ0v) is 24.7. The van der Waals surface area contributed by atoms with Crippen molar-refractivity contribution in [1.82, 2.24) is 10.3 Å². The van der Waals surface area contributed by atoms with Gasteiger partial charge in [-0.25, -0.2) is 30.9 Å². The quantitative estimate of drug-likeness (QED) is 0.380. The van der Waals surface area contributed by atoms with Crippen LogP contribution in [-0.4, -0.2) is 49.0 Å². The van der Waals surface area contributed by atoms with Crippen LogP contribution in [0.25, 0.3) is 0 Å². The number of nitrogens with zero attached hydrogens (tertiary/aromatic N) is 4. The van der Waals surface area contributed by atoms with Crippen molar-refractivity contribution < 1.29 is 31.2 Å². The van der Waals surface area contributed by atoms with Crippen LogP contribution in [0.2, 0.25) is 5.02 Å². The minimum absolute atomic E-state index is 0.00254. The number of pyridine rings is 1. The van der Waals surface area contributed by atoms with Crippen LogP contribution >= 0.6 is 11.6 Å². The summed E-state index contributed by atoms with van der Waals surface area (Å²) in [4.78, 5) is 33.7. The molecule has 44 heavy (non-hydrogen) atoms. The van der Waals surface area contributed by atoms with E-state index in [2.05, 4.69) is 10.3 Å². The molecule has 1 aromatic heterocycles. The van der Waals surface area contributed by atoms with Crippen molar-refractivity contribution in [2.45, 2.75) is 56.2 Å². The minimum atomic E-state index is -4.09. The van der Waals surface area contributed by atoms with E-state index in [0.717, 1.165) is 21.3 Å². The summed E-state index contributed by atoms with van der Waals surface area (Å²) in [7, 11) is -4.09. The van der Waals surface area contributed by atoms with Gasteiger partial charge in [0.25, 0.3) is 5.91 Å². The molecule has 230 valence electrons. The Morgan fingerprint density at radius 3 is 2.50 bits per heavy atom. The molecule has 0 spiro atoms. The molecule has 2 aliphatic rings. The molecule has 5 rings (SSSR count). The molecule has 2 atom stereocenters. The molecule has 3 aromatic rings. The Kier molecular flexibility index (Phi) is 8.85. The van der Waals surface area contributed by atoms with Gasteiger partial charge in [0, 0.05) is 41.4 Å². The number of hydrogen-bond donors (Lipinski definition) is 1. The van der Waals surface area contributed by atoms with Crippen molar-refractivity contribution in [3.63, 3.8) is 0 Å². The topological polar surface area (TPSA) is 123 Å². The van der Waals surface area contributed by atoms with Crippen molar-refractivity contribution in [1.29, 1.82) is 5.26 Å². The van der Waals surface area contributed by atoms with E-state index in [9.17, 15) is 36.4 Å². The first-order valence-electron chi connectivity index (χ1n) is 13.8. The highest BCUT2D eigenvalue weighted by Gasteiger charge is 2.47. The number of halogens is 4. The molecule has 0 bridgehead atoms. The zero-order chi connectivity index (χ0) is 31.6. The Balaban J connectivity index is 1.62. The van der Waals surface area contributed by atoms with Gasteiger partial charge in [-0.3, -0.25) is 14.5 Å². The Morgan fingerprint density at radius 1 is 1.09 bits per heavy atom. The van der Waals surface area contributed by atoms with Gasteiger partial charge in [0.15, 0.2) is 0 Å². The zero-order valence-electron chi connectivity index (χ0n) is 23.2. The van der Waals surface area contributed by atoms with Crippen LogP contribution in [0.4, 0.5) is 24.7 Å². The lowest BCUT2D eigenvalue weighted by Crippen LogP contribution is -2.53. The van der Waals surface area contributed by atoms with E-state index in [0.29, 0.717) is 0 Å². The summed E-state index contributed by atoms with van der Waals surface area (Å²) in [6.07, 6.45) is 0.187. The molecule has 9 nitrogen and oxygen atoms in total. The number of anilines is 2. The maximum Gasteiger partial charge on any atom is 0.252 e. The van der Waals surface area contributed by atoms with Crippen molar-refractivity contribution in [3.8, 4) is 6.07 Å². The van der Waals surface area contributed by atoms with E-state index in [-0.39, 0.29) is 46.9 Å². The fourth-order valence-corrected chi connectivity index (χ4v) is 7.48. The number of nitriles is 1. The van der Waals surface area contributed by atoms with Crippen LogP contribution in [0.15, 0.2) is 66.9 Å². The first kappa shape index (κ1) is 31.3. The lowest BCUT2D eigenvalue weighted by Gasteiger charge is -2.37. The summed E-state index contributed by atoms with van der Waals surface area (Å²) in [6.45, 7) is 0. The van der Waals surface area contributed by atoms with Gasteiger partial charge in [-0.1, -0.05) is 35.9 Å². The van der Waals surface area contributed by atoms with Gasteiger partial charge in [-0.05, 0) is 55.7 Å². The van der Waals surface area contributed by atoms with Crippen molar-refractivity contribution in [2.75, 3.05) is 15.0 Å². The molecule has 1 saturated heterocycles. The van der Waals surface area contributed by atoms with Gasteiger partial charge in [-0.15, -0.1) is 0 Å². The molecule has 0 unspecified atom stereocenters. The molecule has 1 saturated carbocycles. The van der Waals surface area contributed by atoms with Gasteiger partial charge in [0.1, 0.15) is 23.7 Å². The smallest absolute Gasteiger partial charge is 0.252 e. The number of carbonyl (C=O) groups excluding carboxylic acids is 2. The Morgan fingerprint density at radius 2 is 1.82 bits per heavy atom. The second-order valence-corrected chi connectivity index (χ2v) is 13.1. The lowest BCUT2D eigenvalue weighted by atomic mass is 9.91. The second-order valence-electron chi connectivity index (χ2n) is 10.7. The summed E-state index contributed by atoms with van der Waals surface area (Å²) in [6, 6.07) is 12.0. The SMILES string of the molecule is N#Cc1ccnc(N2[C@H](C(=O)N(c3cccc(F)c3)[C@@H](C(=O)NC3CCC(F)(F)CC3)c3ccccc3Cl)CCS2(=O)=O)c1. The normalized spacial score (nSPS) is 20.0. The molecule has 2 aromatic carbocycles. The van der Waals surface area contributed by atoms with Crippen LogP contribution in [-0.2, 0) is 19.6 Å². The number of sulfonamides is 1. The molecule has 1 N–H and O–H groups in total. The molecule has 14 heteroatoms. The summed E-state index contributed by atoms with van der Waals surface area (Å²) < 4.78 is 69.6. The van der Waals surface area contributed by atoms with Crippen LogP contribution < -0.4 is 14.5 Å². The third-order valence-corrected chi connectivity index (χ3v) is 9.85. The monoisotopic (exact) mass is 645 g/mol. The van der Waals surface area contributed by atoms with E-state index in [1.807, 2.05) is 6.07 Å². The number of nitrogens with one attached hydrogen (secondary N) is 1. The van der Waals surface area contributed by atoms with Crippen molar-refractivity contribution >= 4 is 44.9 Å². The average Bonchev–Trinajstić information content (AvgIpc) is 3.31. The molecule has 2 fully saturated rings. The fraction of sp³-hybridized carbons (Fsp3) is 0.333. The first-order chi connectivity index (χ1) is 20.9. The summed E-state index contributed by atoms with van der Waals surface area (Å²) in [5.41, 5.74) is 0.201. The first-order valence-corrected chi connectivity index (χ1v) is 15.8. The predicted octanol–water partition coefficient (Wildman–Crippen LogP) is 5.12. The molecule has 2 heterocycles. The molecule has 1 aliphatic carbocycles. The Labute approximate surface area is 257 Å². The van der Waals surface area contributed by atoms with Gasteiger partial charge in [0.05, 0.1) is 17.4 Å². The minimum Gasteiger partial charge on any atom is -0.351 e. The van der Waals surface area contributed by atoms with Crippen LogP contribution in [0.3, 0.4) is 0 Å². The molecule has 2 amide bonds. The largest absolute Gasteiger partial charge is 0.351 e. The molecular weight excluding hydrogens is 619 g/mol. The van der Waals surface area contributed by atoms with E-state index < -0.39 is 70.3 Å². The highest BCUT2D eigenvalue weighted by molar-refractivity contribution is 7.93. The van der Waals surface area contributed by atoms with Gasteiger partial charge < -0.3 is 5.32 Å². The maximum atomic E-state index is 14.6. The highest BCUT2D eigenvalue weighted by Crippen LogP contribution is 2.38. The number of rotatable bonds is 7. The number of hydrogen-bond acceptors (Lipinski definition) is 6. The summed E-state index contributed by atoms with van der Waals surface area (Å²) in [5, 5.41) is 12.2. The summed E-state index contributed by atoms with van der Waals surface area (Å²) >= 11 is 6.54. The lowest BCUT2D eigenvalue weighted by molar-refractivity contribution is -0.128. The van der Waals surface area contributed by atoms with Crippen LogP contribution in [0.1, 0.15) is 49.3 Å². The number of amides is 2. The third-order valence-electron chi connectivity index (χ3n) is 7.71. The number of alkyl halides is 2.